The number of ketones is 1. The van der Waals surface area contributed by atoms with E-state index in [4.69, 9.17) is 10.5 Å². The fourth-order valence-corrected chi connectivity index (χ4v) is 2.47. The highest BCUT2D eigenvalue weighted by molar-refractivity contribution is 6.49. The van der Waals surface area contributed by atoms with Gasteiger partial charge >= 0.3 is 0 Å². The molecule has 0 spiro atoms. The van der Waals surface area contributed by atoms with Crippen molar-refractivity contribution in [3.05, 3.63) is 59.2 Å². The summed E-state index contributed by atoms with van der Waals surface area (Å²) in [5.41, 5.74) is 6.36. The van der Waals surface area contributed by atoms with Crippen molar-refractivity contribution >= 4 is 17.6 Å². The highest BCUT2D eigenvalue weighted by Gasteiger charge is 2.33. The summed E-state index contributed by atoms with van der Waals surface area (Å²) in [7, 11) is 0. The number of hydrogen-bond acceptors (Lipinski definition) is 5. The second kappa shape index (κ2) is 7.64. The number of rotatable bonds is 4. The number of imide groups is 1. The number of hydrogen-bond donors (Lipinski definition) is 2. The third kappa shape index (κ3) is 3.63. The lowest BCUT2D eigenvalue weighted by atomic mass is 9.98. The number of ether oxygens (including phenoxy) is 1. The molecule has 0 bridgehead atoms. The first-order valence-corrected chi connectivity index (χ1v) is 8.10. The summed E-state index contributed by atoms with van der Waals surface area (Å²) in [5.74, 6) is 4.42. The summed E-state index contributed by atoms with van der Waals surface area (Å²) in [6.07, 6.45) is 1.60. The Morgan fingerprint density at radius 3 is 2.50 bits per heavy atom. The highest BCUT2D eigenvalue weighted by atomic mass is 16.5. The monoisotopic (exact) mass is 348 g/mol. The first kappa shape index (κ1) is 17.4. The summed E-state index contributed by atoms with van der Waals surface area (Å²) in [6.45, 7) is 0.616. The van der Waals surface area contributed by atoms with Gasteiger partial charge in [0, 0.05) is 17.5 Å². The van der Waals surface area contributed by atoms with Crippen LogP contribution in [0.15, 0.2) is 42.5 Å². The lowest BCUT2D eigenvalue weighted by Crippen LogP contribution is -2.42. The van der Waals surface area contributed by atoms with Gasteiger partial charge in [-0.3, -0.25) is 19.7 Å². The van der Waals surface area contributed by atoms with Crippen LogP contribution in [0.4, 0.5) is 0 Å². The number of nitrogens with one attached hydrogen (secondary N) is 1. The van der Waals surface area contributed by atoms with Crippen molar-refractivity contribution < 1.29 is 19.1 Å². The maximum Gasteiger partial charge on any atom is 0.299 e. The quantitative estimate of drug-likeness (QED) is 0.381. The molecular formula is C20H16N2O4. The minimum absolute atomic E-state index is 0.0404. The fourth-order valence-electron chi connectivity index (χ4n) is 2.47. The predicted octanol–water partition coefficient (Wildman–Crippen LogP) is 2.02. The van der Waals surface area contributed by atoms with Gasteiger partial charge in [-0.25, -0.2) is 0 Å². The number of carbonyl (C=O) groups is 3. The molecule has 1 heterocycles. The number of carbonyl (C=O) groups excluding carboxylic acids is 3. The molecule has 0 unspecified atom stereocenters. The minimum Gasteiger partial charge on any atom is -0.457 e. The second-order valence-electron chi connectivity index (χ2n) is 5.61. The standard InChI is InChI=1S/C20H16N2O4/c21-12-3-1-2-5-13-8-10-14(11-9-13)26-16-7-4-6-15-17(16)19(24)22-20(25)18(15)23/h4,6-11H,1,3,12,21H2,(H,22,24,25). The van der Waals surface area contributed by atoms with E-state index in [1.54, 1.807) is 36.4 Å². The van der Waals surface area contributed by atoms with Crippen LogP contribution in [0.5, 0.6) is 11.5 Å². The van der Waals surface area contributed by atoms with Crippen molar-refractivity contribution in [1.82, 2.24) is 5.32 Å². The molecule has 0 atom stereocenters. The van der Waals surface area contributed by atoms with Crippen LogP contribution in [-0.4, -0.2) is 24.1 Å². The zero-order valence-electron chi connectivity index (χ0n) is 13.9. The van der Waals surface area contributed by atoms with Crippen molar-refractivity contribution in [3.8, 4) is 23.3 Å². The van der Waals surface area contributed by atoms with Gasteiger partial charge in [0.2, 0.25) is 0 Å². The molecule has 0 saturated heterocycles. The summed E-state index contributed by atoms with van der Waals surface area (Å²) < 4.78 is 5.74. The van der Waals surface area contributed by atoms with Crippen LogP contribution in [0.3, 0.4) is 0 Å². The van der Waals surface area contributed by atoms with Crippen molar-refractivity contribution in [2.75, 3.05) is 6.54 Å². The number of unbranched alkanes of at least 4 members (excludes halogenated alkanes) is 1. The maximum atomic E-state index is 12.1. The first-order chi connectivity index (χ1) is 12.6. The minimum atomic E-state index is -0.933. The Morgan fingerprint density at radius 1 is 1.00 bits per heavy atom. The van der Waals surface area contributed by atoms with Gasteiger partial charge < -0.3 is 10.5 Å². The van der Waals surface area contributed by atoms with E-state index < -0.39 is 17.6 Å². The molecule has 1 aliphatic heterocycles. The van der Waals surface area contributed by atoms with Crippen LogP contribution in [0.1, 0.15) is 39.1 Å². The van der Waals surface area contributed by atoms with Gasteiger partial charge in [0.05, 0.1) is 5.56 Å². The Morgan fingerprint density at radius 2 is 1.77 bits per heavy atom. The van der Waals surface area contributed by atoms with Gasteiger partial charge in [0.15, 0.2) is 0 Å². The van der Waals surface area contributed by atoms with Gasteiger partial charge in [0.25, 0.3) is 17.6 Å². The Hall–Kier alpha value is -3.43. The molecule has 0 aromatic heterocycles. The smallest absolute Gasteiger partial charge is 0.299 e. The molecule has 0 saturated carbocycles. The number of fused-ring (bicyclic) bond motifs is 1. The molecule has 0 fully saturated rings. The summed E-state index contributed by atoms with van der Waals surface area (Å²) >= 11 is 0. The highest BCUT2D eigenvalue weighted by Crippen LogP contribution is 2.29. The number of amides is 2. The van der Waals surface area contributed by atoms with E-state index in [0.29, 0.717) is 12.3 Å². The molecule has 3 N–H and O–H groups in total. The zero-order chi connectivity index (χ0) is 18.5. The zero-order valence-corrected chi connectivity index (χ0v) is 13.9. The number of Topliss-reactive ketones (excluding diaryl/α,β-unsaturated/α-hetero) is 1. The lowest BCUT2D eigenvalue weighted by molar-refractivity contribution is -0.116. The fraction of sp³-hybridized carbons (Fsp3) is 0.150. The van der Waals surface area contributed by atoms with Crippen molar-refractivity contribution in [2.45, 2.75) is 12.8 Å². The normalized spacial score (nSPS) is 12.7. The first-order valence-electron chi connectivity index (χ1n) is 8.10. The van der Waals surface area contributed by atoms with E-state index >= 15 is 0 Å². The molecule has 6 heteroatoms. The topological polar surface area (TPSA) is 98.5 Å². The van der Waals surface area contributed by atoms with Crippen molar-refractivity contribution in [2.24, 2.45) is 5.73 Å². The average molecular weight is 348 g/mol. The molecule has 2 aromatic carbocycles. The summed E-state index contributed by atoms with van der Waals surface area (Å²) in [6, 6.07) is 11.6. The van der Waals surface area contributed by atoms with Crippen LogP contribution >= 0.6 is 0 Å². The molecule has 6 nitrogen and oxygen atoms in total. The molecule has 3 rings (SSSR count). The van der Waals surface area contributed by atoms with Gasteiger partial charge in [0.1, 0.15) is 11.5 Å². The summed E-state index contributed by atoms with van der Waals surface area (Å²) in [4.78, 5) is 35.5. The van der Waals surface area contributed by atoms with E-state index in [9.17, 15) is 14.4 Å². The van der Waals surface area contributed by atoms with E-state index in [2.05, 4.69) is 11.8 Å². The SMILES string of the molecule is NCCCC#Cc1ccc(Oc2cccc3c2C(=O)NC(=O)C3=O)cc1. The largest absolute Gasteiger partial charge is 0.457 e. The van der Waals surface area contributed by atoms with E-state index in [1.807, 2.05) is 5.32 Å². The third-order valence-electron chi connectivity index (χ3n) is 3.75. The van der Waals surface area contributed by atoms with Crippen LogP contribution in [0, 0.1) is 11.8 Å². The van der Waals surface area contributed by atoms with Crippen LogP contribution < -0.4 is 15.8 Å². The second-order valence-corrected chi connectivity index (χ2v) is 5.61. The maximum absolute atomic E-state index is 12.1. The Kier molecular flexibility index (Phi) is 5.11. The summed E-state index contributed by atoms with van der Waals surface area (Å²) in [5, 5.41) is 2.02. The molecule has 1 aliphatic rings. The molecule has 2 amide bonds. The molecule has 26 heavy (non-hydrogen) atoms. The molecular weight excluding hydrogens is 332 g/mol. The molecule has 2 aromatic rings. The molecule has 0 radical (unpaired) electrons. The Balaban J connectivity index is 1.82. The molecule has 0 aliphatic carbocycles. The average Bonchev–Trinajstić information content (AvgIpc) is 2.64. The Bertz CT molecular complexity index is 937. The Labute approximate surface area is 150 Å². The van der Waals surface area contributed by atoms with Crippen LogP contribution in [0.2, 0.25) is 0 Å². The van der Waals surface area contributed by atoms with E-state index in [1.165, 1.54) is 6.07 Å². The van der Waals surface area contributed by atoms with Crippen LogP contribution in [-0.2, 0) is 4.79 Å². The van der Waals surface area contributed by atoms with Gasteiger partial charge in [-0.1, -0.05) is 17.9 Å². The van der Waals surface area contributed by atoms with Crippen molar-refractivity contribution in [3.63, 3.8) is 0 Å². The number of benzene rings is 2. The lowest BCUT2D eigenvalue weighted by Gasteiger charge is -2.17. The third-order valence-corrected chi connectivity index (χ3v) is 3.75. The molecule has 130 valence electrons. The van der Waals surface area contributed by atoms with Crippen LogP contribution in [0.25, 0.3) is 0 Å². The van der Waals surface area contributed by atoms with Gasteiger partial charge in [-0.2, -0.15) is 0 Å². The van der Waals surface area contributed by atoms with E-state index in [0.717, 1.165) is 18.4 Å². The predicted molar refractivity (Wildman–Crippen MR) is 94.9 cm³/mol. The number of nitrogens with two attached hydrogens (primary N) is 1. The van der Waals surface area contributed by atoms with Crippen molar-refractivity contribution in [1.29, 1.82) is 0 Å². The van der Waals surface area contributed by atoms with Gasteiger partial charge in [-0.15, -0.1) is 0 Å². The van der Waals surface area contributed by atoms with E-state index in [-0.39, 0.29) is 16.9 Å². The van der Waals surface area contributed by atoms with Gasteiger partial charge in [-0.05, 0) is 49.4 Å².